The zero-order chi connectivity index (χ0) is 15.6. The third-order valence-electron chi connectivity index (χ3n) is 4.03. The van der Waals surface area contributed by atoms with Crippen LogP contribution in [0.2, 0.25) is 0 Å². The zero-order valence-corrected chi connectivity index (χ0v) is 13.7. The lowest BCUT2D eigenvalue weighted by Crippen LogP contribution is -2.31. The second-order valence-corrected chi connectivity index (χ2v) is 6.72. The molecular formula is C15H27N5O. The fourth-order valence-corrected chi connectivity index (χ4v) is 2.68. The van der Waals surface area contributed by atoms with Crippen LogP contribution in [0.4, 0.5) is 11.6 Å². The number of hydrogen-bond donors (Lipinski definition) is 3. The van der Waals surface area contributed by atoms with Crippen molar-refractivity contribution in [1.82, 2.24) is 9.97 Å². The van der Waals surface area contributed by atoms with Gasteiger partial charge in [-0.25, -0.2) is 15.8 Å². The first kappa shape index (κ1) is 16.0. The topological polar surface area (TPSA) is 85.1 Å². The number of nitrogens with one attached hydrogen (secondary N) is 2. The van der Waals surface area contributed by atoms with Gasteiger partial charge < -0.3 is 15.5 Å². The Morgan fingerprint density at radius 1 is 1.19 bits per heavy atom. The lowest BCUT2D eigenvalue weighted by Gasteiger charge is -2.24. The molecule has 0 bridgehead atoms. The van der Waals surface area contributed by atoms with Gasteiger partial charge in [-0.05, 0) is 26.2 Å². The number of hydrazine groups is 1. The van der Waals surface area contributed by atoms with E-state index in [-0.39, 0.29) is 11.5 Å². The third-order valence-corrected chi connectivity index (χ3v) is 4.03. The average molecular weight is 293 g/mol. The minimum Gasteiger partial charge on any atom is -0.379 e. The fourth-order valence-electron chi connectivity index (χ4n) is 2.68. The largest absolute Gasteiger partial charge is 0.379 e. The Kier molecular flexibility index (Phi) is 4.68. The minimum absolute atomic E-state index is 0.133. The van der Waals surface area contributed by atoms with Gasteiger partial charge in [-0.2, -0.15) is 0 Å². The summed E-state index contributed by atoms with van der Waals surface area (Å²) in [4.78, 5) is 9.23. The zero-order valence-electron chi connectivity index (χ0n) is 13.7. The maximum absolute atomic E-state index is 5.60. The molecule has 1 heterocycles. The van der Waals surface area contributed by atoms with E-state index in [1.807, 2.05) is 6.92 Å². The van der Waals surface area contributed by atoms with Gasteiger partial charge in [0.1, 0.15) is 17.5 Å². The molecule has 0 aromatic carbocycles. The predicted octanol–water partition coefficient (Wildman–Crippen LogP) is 2.35. The second kappa shape index (κ2) is 6.15. The van der Waals surface area contributed by atoms with Crippen LogP contribution in [0.3, 0.4) is 0 Å². The molecule has 118 valence electrons. The highest BCUT2D eigenvalue weighted by Crippen LogP contribution is 2.29. The Hall–Kier alpha value is -1.40. The Bertz CT molecular complexity index is 498. The van der Waals surface area contributed by atoms with Crippen LogP contribution in [0.5, 0.6) is 0 Å². The van der Waals surface area contributed by atoms with Crippen LogP contribution in [0.15, 0.2) is 0 Å². The van der Waals surface area contributed by atoms with Crippen molar-refractivity contribution in [3.05, 3.63) is 11.4 Å². The Morgan fingerprint density at radius 3 is 2.43 bits per heavy atom. The van der Waals surface area contributed by atoms with Gasteiger partial charge >= 0.3 is 0 Å². The number of aromatic nitrogens is 2. The first-order valence-corrected chi connectivity index (χ1v) is 7.52. The van der Waals surface area contributed by atoms with E-state index < -0.39 is 0 Å². The van der Waals surface area contributed by atoms with E-state index in [9.17, 15) is 0 Å². The van der Waals surface area contributed by atoms with Crippen LogP contribution in [0.25, 0.3) is 0 Å². The maximum Gasteiger partial charge on any atom is 0.148 e. The normalized spacial score (nSPS) is 22.4. The van der Waals surface area contributed by atoms with Gasteiger partial charge in [-0.3, -0.25) is 0 Å². The summed E-state index contributed by atoms with van der Waals surface area (Å²) < 4.78 is 5.54. The molecule has 1 fully saturated rings. The molecule has 2 rings (SSSR count). The third kappa shape index (κ3) is 3.44. The Labute approximate surface area is 126 Å². The Balaban J connectivity index is 2.33. The molecule has 2 unspecified atom stereocenters. The molecule has 4 N–H and O–H groups in total. The van der Waals surface area contributed by atoms with E-state index in [0.717, 1.165) is 30.0 Å². The first-order valence-electron chi connectivity index (χ1n) is 7.52. The van der Waals surface area contributed by atoms with Crippen molar-refractivity contribution in [3.8, 4) is 0 Å². The number of nitrogens with zero attached hydrogens (tertiary/aromatic N) is 2. The van der Waals surface area contributed by atoms with Crippen molar-refractivity contribution in [3.63, 3.8) is 0 Å². The molecule has 1 saturated carbocycles. The van der Waals surface area contributed by atoms with Crippen LogP contribution in [-0.2, 0) is 10.2 Å². The molecule has 1 aromatic heterocycles. The lowest BCUT2D eigenvalue weighted by molar-refractivity contribution is 0.101. The summed E-state index contributed by atoms with van der Waals surface area (Å²) in [5, 5.41) is 3.53. The van der Waals surface area contributed by atoms with E-state index in [2.05, 4.69) is 36.5 Å². The molecule has 1 aromatic rings. The fraction of sp³-hybridized carbons (Fsp3) is 0.733. The monoisotopic (exact) mass is 293 g/mol. The van der Waals surface area contributed by atoms with Crippen LogP contribution in [0, 0.1) is 6.92 Å². The van der Waals surface area contributed by atoms with Gasteiger partial charge in [0, 0.05) is 18.1 Å². The lowest BCUT2D eigenvalue weighted by atomic mass is 9.95. The number of nitrogens with two attached hydrogens (primary N) is 1. The van der Waals surface area contributed by atoms with E-state index in [4.69, 9.17) is 15.6 Å². The van der Waals surface area contributed by atoms with E-state index in [1.54, 1.807) is 7.11 Å². The van der Waals surface area contributed by atoms with Crippen molar-refractivity contribution >= 4 is 11.6 Å². The van der Waals surface area contributed by atoms with Gasteiger partial charge in [-0.1, -0.05) is 20.8 Å². The molecule has 0 aliphatic heterocycles. The number of rotatable bonds is 4. The number of anilines is 2. The molecule has 6 nitrogen and oxygen atoms in total. The van der Waals surface area contributed by atoms with Gasteiger partial charge in [0.25, 0.3) is 0 Å². The molecule has 0 spiro atoms. The summed E-state index contributed by atoms with van der Waals surface area (Å²) in [5.74, 6) is 7.89. The molecule has 0 radical (unpaired) electrons. The number of methoxy groups -OCH3 is 1. The highest BCUT2D eigenvalue weighted by atomic mass is 16.5. The average Bonchev–Trinajstić information content (AvgIpc) is 2.87. The maximum atomic E-state index is 5.60. The SMILES string of the molecule is COC1CCCC1Nc1nc(C(C)(C)C)nc(NN)c1C. The number of hydrogen-bond acceptors (Lipinski definition) is 6. The number of ether oxygens (including phenoxy) is 1. The van der Waals surface area contributed by atoms with Gasteiger partial charge in [0.05, 0.1) is 12.1 Å². The van der Waals surface area contributed by atoms with Crippen molar-refractivity contribution in [2.24, 2.45) is 5.84 Å². The summed E-state index contributed by atoms with van der Waals surface area (Å²) in [7, 11) is 1.77. The molecule has 2 atom stereocenters. The summed E-state index contributed by atoms with van der Waals surface area (Å²) >= 11 is 0. The van der Waals surface area contributed by atoms with Crippen LogP contribution >= 0.6 is 0 Å². The van der Waals surface area contributed by atoms with Gasteiger partial charge in [0.15, 0.2) is 0 Å². The summed E-state index contributed by atoms with van der Waals surface area (Å²) in [5.41, 5.74) is 3.48. The Morgan fingerprint density at radius 2 is 1.86 bits per heavy atom. The second-order valence-electron chi connectivity index (χ2n) is 6.72. The van der Waals surface area contributed by atoms with Crippen molar-refractivity contribution in [2.45, 2.75) is 64.5 Å². The van der Waals surface area contributed by atoms with Gasteiger partial charge in [-0.15, -0.1) is 0 Å². The predicted molar refractivity (Wildman–Crippen MR) is 85.3 cm³/mol. The van der Waals surface area contributed by atoms with E-state index >= 15 is 0 Å². The van der Waals surface area contributed by atoms with Crippen LogP contribution in [-0.4, -0.2) is 29.2 Å². The summed E-state index contributed by atoms with van der Waals surface area (Å²) in [6.07, 6.45) is 3.60. The number of nitrogen functional groups attached to an aromatic ring is 1. The van der Waals surface area contributed by atoms with Crippen molar-refractivity contribution < 1.29 is 4.74 Å². The smallest absolute Gasteiger partial charge is 0.148 e. The summed E-state index contributed by atoms with van der Waals surface area (Å²) in [6.45, 7) is 8.25. The molecule has 21 heavy (non-hydrogen) atoms. The molecule has 1 aliphatic carbocycles. The highest BCUT2D eigenvalue weighted by Gasteiger charge is 2.29. The van der Waals surface area contributed by atoms with E-state index in [1.165, 1.54) is 6.42 Å². The van der Waals surface area contributed by atoms with Crippen LogP contribution in [0.1, 0.15) is 51.4 Å². The van der Waals surface area contributed by atoms with E-state index in [0.29, 0.717) is 11.9 Å². The molecular weight excluding hydrogens is 266 g/mol. The quantitative estimate of drug-likeness (QED) is 0.583. The molecule has 6 heteroatoms. The molecule has 1 aliphatic rings. The standard InChI is InChI=1S/C15H27N5O/c1-9-12(17-10-7-6-8-11(10)21-5)18-14(15(2,3)4)19-13(9)20-16/h10-11H,6-8,16H2,1-5H3,(H2,17,18,19,20). The highest BCUT2D eigenvalue weighted by molar-refractivity contribution is 5.57. The summed E-state index contributed by atoms with van der Waals surface area (Å²) in [6, 6.07) is 0.294. The van der Waals surface area contributed by atoms with Crippen LogP contribution < -0.4 is 16.6 Å². The van der Waals surface area contributed by atoms with Gasteiger partial charge in [0.2, 0.25) is 0 Å². The molecule has 0 saturated heterocycles. The first-order chi connectivity index (χ1) is 9.86. The minimum atomic E-state index is -0.133. The van der Waals surface area contributed by atoms with Crippen molar-refractivity contribution in [2.75, 3.05) is 17.9 Å². The molecule has 0 amide bonds. The van der Waals surface area contributed by atoms with Crippen molar-refractivity contribution in [1.29, 1.82) is 0 Å².